The average molecular weight is 1210 g/mol. The van der Waals surface area contributed by atoms with E-state index in [-0.39, 0.29) is 32.2 Å². The molecule has 2 unspecified atom stereocenters. The molecule has 0 rings (SSSR count). The molecule has 9 heteroatoms. The van der Waals surface area contributed by atoms with E-state index in [4.69, 9.17) is 18.9 Å². The van der Waals surface area contributed by atoms with Crippen LogP contribution in [0.4, 0.5) is 0 Å². The lowest BCUT2D eigenvalue weighted by molar-refractivity contribution is -0.870. The van der Waals surface area contributed by atoms with E-state index in [9.17, 15) is 19.5 Å². The first kappa shape index (κ1) is 83.3. The zero-order valence-corrected chi connectivity index (χ0v) is 58.0. The summed E-state index contributed by atoms with van der Waals surface area (Å²) in [5.41, 5.74) is 0. The Bertz CT molecular complexity index is 1350. The highest BCUT2D eigenvalue weighted by Crippen LogP contribution is 2.20. The standard InChI is InChI=1S/C76H149NO8/c1-6-8-10-12-14-16-18-20-22-24-26-28-30-32-34-36-38-40-42-44-46-48-50-52-54-56-58-60-62-64-66-73(78)83-70-72(71-84-76(75(80)81)82-69-68-77(3,4)5)85-74(79)67-65-63-61-59-57-55-53-51-49-47-45-43-41-39-37-35-33-31-29-27-25-23-21-19-17-15-13-11-9-7-2/h72,76H,6-71H2,1-5H3. The summed E-state index contributed by atoms with van der Waals surface area (Å²) in [7, 11) is 5.95. The van der Waals surface area contributed by atoms with Gasteiger partial charge in [-0.2, -0.15) is 0 Å². The summed E-state index contributed by atoms with van der Waals surface area (Å²) in [5, 5.41) is 11.8. The summed E-state index contributed by atoms with van der Waals surface area (Å²) in [6, 6.07) is 0. The molecule has 0 N–H and O–H groups in total. The fraction of sp³-hybridized carbons (Fsp3) is 0.961. The first-order valence-electron chi connectivity index (χ1n) is 38.2. The Hall–Kier alpha value is -1.71. The topological polar surface area (TPSA) is 111 Å². The number of likely N-dealkylation sites (N-methyl/N-ethyl adjacent to an activating group) is 1. The van der Waals surface area contributed by atoms with Gasteiger partial charge < -0.3 is 33.3 Å². The van der Waals surface area contributed by atoms with Crippen LogP contribution in [-0.4, -0.2) is 82.3 Å². The number of nitrogens with zero attached hydrogens (tertiary/aromatic N) is 1. The fourth-order valence-corrected chi connectivity index (χ4v) is 12.0. The second-order valence-corrected chi connectivity index (χ2v) is 27.7. The summed E-state index contributed by atoms with van der Waals surface area (Å²) < 4.78 is 22.9. The number of carboxylic acid groups (broad SMARTS) is 1. The van der Waals surface area contributed by atoms with Crippen molar-refractivity contribution in [2.45, 2.75) is 424 Å². The molecule has 0 heterocycles. The van der Waals surface area contributed by atoms with Gasteiger partial charge in [0.25, 0.3) is 0 Å². The fourth-order valence-electron chi connectivity index (χ4n) is 12.0. The van der Waals surface area contributed by atoms with Crippen LogP contribution in [0.15, 0.2) is 0 Å². The third kappa shape index (κ3) is 69.6. The zero-order valence-electron chi connectivity index (χ0n) is 58.0. The monoisotopic (exact) mass is 1200 g/mol. The molecule has 0 aromatic heterocycles. The highest BCUT2D eigenvalue weighted by molar-refractivity contribution is 5.70. The summed E-state index contributed by atoms with van der Waals surface area (Å²) in [5.74, 6) is -2.24. The minimum absolute atomic E-state index is 0.154. The SMILES string of the molecule is CCCCCCCCCCCCCCCCCCCCCCCCCCCCCCCCC(=O)OCC(COC(OCC[N+](C)(C)C)C(=O)[O-])OC(=O)CCCCCCCCCCCCCCCCCCCCCCCCCCCCCCCC. The Kier molecular flexibility index (Phi) is 66.8. The zero-order chi connectivity index (χ0) is 61.9. The third-order valence-electron chi connectivity index (χ3n) is 17.9. The molecule has 9 nitrogen and oxygen atoms in total. The predicted octanol–water partition coefficient (Wildman–Crippen LogP) is 22.5. The van der Waals surface area contributed by atoms with Crippen LogP contribution >= 0.6 is 0 Å². The molecular weight excluding hydrogens is 1050 g/mol. The van der Waals surface area contributed by atoms with Crippen LogP contribution in [0.3, 0.4) is 0 Å². The lowest BCUT2D eigenvalue weighted by atomic mass is 10.0. The van der Waals surface area contributed by atoms with E-state index in [2.05, 4.69) is 13.8 Å². The number of unbranched alkanes of at least 4 members (excludes halogenated alkanes) is 58. The second kappa shape index (κ2) is 68.2. The molecule has 0 spiro atoms. The quantitative estimate of drug-likeness (QED) is 0.0256. The van der Waals surface area contributed by atoms with Gasteiger partial charge in [0, 0.05) is 12.8 Å². The first-order chi connectivity index (χ1) is 41.6. The van der Waals surface area contributed by atoms with Crippen LogP contribution in [0, 0.1) is 0 Å². The number of carboxylic acids is 1. The van der Waals surface area contributed by atoms with Gasteiger partial charge in [-0.15, -0.1) is 0 Å². The molecule has 506 valence electrons. The van der Waals surface area contributed by atoms with Crippen molar-refractivity contribution >= 4 is 17.9 Å². The number of aliphatic carboxylic acids is 1. The van der Waals surface area contributed by atoms with Crippen molar-refractivity contribution in [3.8, 4) is 0 Å². The van der Waals surface area contributed by atoms with E-state index in [0.717, 1.165) is 38.5 Å². The number of hydrogen-bond donors (Lipinski definition) is 0. The molecular formula is C76H149NO8. The number of esters is 2. The van der Waals surface area contributed by atoms with Gasteiger partial charge in [-0.3, -0.25) is 9.59 Å². The van der Waals surface area contributed by atoms with Crippen molar-refractivity contribution in [1.82, 2.24) is 0 Å². The van der Waals surface area contributed by atoms with Crippen molar-refractivity contribution < 1.29 is 42.9 Å². The maximum atomic E-state index is 13.0. The van der Waals surface area contributed by atoms with Crippen molar-refractivity contribution in [2.24, 2.45) is 0 Å². The molecule has 0 aromatic carbocycles. The number of rotatable bonds is 73. The molecule has 0 saturated carbocycles. The molecule has 2 atom stereocenters. The summed E-state index contributed by atoms with van der Waals surface area (Å²) >= 11 is 0. The number of ether oxygens (including phenoxy) is 4. The Morgan fingerprint density at radius 2 is 0.529 bits per heavy atom. The van der Waals surface area contributed by atoms with E-state index in [1.807, 2.05) is 21.1 Å². The van der Waals surface area contributed by atoms with Crippen LogP contribution in [0.1, 0.15) is 412 Å². The molecule has 0 radical (unpaired) electrons. The largest absolute Gasteiger partial charge is 0.545 e. The van der Waals surface area contributed by atoms with Crippen LogP contribution in [0.5, 0.6) is 0 Å². The Morgan fingerprint density at radius 1 is 0.306 bits per heavy atom. The van der Waals surface area contributed by atoms with Gasteiger partial charge in [-0.05, 0) is 12.8 Å². The van der Waals surface area contributed by atoms with Crippen molar-refractivity contribution in [1.29, 1.82) is 0 Å². The van der Waals surface area contributed by atoms with Gasteiger partial charge in [0.2, 0.25) is 0 Å². The van der Waals surface area contributed by atoms with Gasteiger partial charge in [0.15, 0.2) is 12.4 Å². The third-order valence-corrected chi connectivity index (χ3v) is 17.9. The molecule has 0 aliphatic carbocycles. The van der Waals surface area contributed by atoms with Crippen molar-refractivity contribution in [2.75, 3.05) is 47.5 Å². The van der Waals surface area contributed by atoms with E-state index < -0.39 is 24.3 Å². The number of carbonyl (C=O) groups is 3. The average Bonchev–Trinajstić information content (AvgIpc) is 3.50. The lowest BCUT2D eigenvalue weighted by Crippen LogP contribution is -2.44. The summed E-state index contributed by atoms with van der Waals surface area (Å²) in [6.07, 6.45) is 79.3. The second-order valence-electron chi connectivity index (χ2n) is 27.7. The highest BCUT2D eigenvalue weighted by Gasteiger charge is 2.22. The molecule has 0 aliphatic rings. The van der Waals surface area contributed by atoms with Crippen LogP contribution in [-0.2, 0) is 33.3 Å². The first-order valence-corrected chi connectivity index (χ1v) is 38.2. The molecule has 0 saturated heterocycles. The van der Waals surface area contributed by atoms with Crippen LogP contribution in [0.25, 0.3) is 0 Å². The molecule has 85 heavy (non-hydrogen) atoms. The van der Waals surface area contributed by atoms with Crippen molar-refractivity contribution in [3.05, 3.63) is 0 Å². The van der Waals surface area contributed by atoms with Gasteiger partial charge in [0.05, 0.1) is 40.3 Å². The van der Waals surface area contributed by atoms with Gasteiger partial charge in [-0.1, -0.05) is 386 Å². The maximum Gasteiger partial charge on any atom is 0.306 e. The summed E-state index contributed by atoms with van der Waals surface area (Å²) in [4.78, 5) is 37.5. The van der Waals surface area contributed by atoms with Gasteiger partial charge >= 0.3 is 11.9 Å². The van der Waals surface area contributed by atoms with Crippen LogP contribution in [0.2, 0.25) is 0 Å². The van der Waals surface area contributed by atoms with E-state index >= 15 is 0 Å². The number of quaternary nitrogens is 1. The highest BCUT2D eigenvalue weighted by atomic mass is 16.7. The van der Waals surface area contributed by atoms with Crippen molar-refractivity contribution in [3.63, 3.8) is 0 Å². The molecule has 0 aliphatic heterocycles. The Balaban J connectivity index is 3.99. The number of hydrogen-bond acceptors (Lipinski definition) is 8. The smallest absolute Gasteiger partial charge is 0.306 e. The minimum Gasteiger partial charge on any atom is -0.545 e. The minimum atomic E-state index is -1.62. The Labute approximate surface area is 530 Å². The Morgan fingerprint density at radius 3 is 0.753 bits per heavy atom. The van der Waals surface area contributed by atoms with Gasteiger partial charge in [0.1, 0.15) is 13.2 Å². The normalized spacial score (nSPS) is 12.5. The van der Waals surface area contributed by atoms with Crippen LogP contribution < -0.4 is 5.11 Å². The predicted molar refractivity (Wildman–Crippen MR) is 362 cm³/mol. The molecule has 0 aromatic rings. The summed E-state index contributed by atoms with van der Waals surface area (Å²) in [6.45, 7) is 4.85. The van der Waals surface area contributed by atoms with E-state index in [0.29, 0.717) is 17.4 Å². The number of carbonyl (C=O) groups excluding carboxylic acids is 3. The lowest BCUT2D eigenvalue weighted by Gasteiger charge is -2.26. The van der Waals surface area contributed by atoms with Gasteiger partial charge in [-0.25, -0.2) is 0 Å². The molecule has 0 amide bonds. The van der Waals surface area contributed by atoms with E-state index in [1.165, 1.54) is 347 Å². The molecule has 0 bridgehead atoms. The van der Waals surface area contributed by atoms with E-state index in [1.54, 1.807) is 0 Å². The molecule has 0 fully saturated rings. The maximum absolute atomic E-state index is 13.0.